The number of alkyl carbamates (subject to hydrolysis) is 1. The van der Waals surface area contributed by atoms with E-state index in [1.807, 2.05) is 24.3 Å². The summed E-state index contributed by atoms with van der Waals surface area (Å²) in [5.41, 5.74) is 4.64. The molecule has 1 fully saturated rings. The first-order valence-electron chi connectivity index (χ1n) is 11.6. The second-order valence-electron chi connectivity index (χ2n) is 8.84. The third-order valence-electron chi connectivity index (χ3n) is 6.51. The third-order valence-corrected chi connectivity index (χ3v) is 6.51. The fourth-order valence-corrected chi connectivity index (χ4v) is 4.72. The molecule has 2 aromatic rings. The number of fused-ring (bicyclic) bond motifs is 3. The molecule has 34 heavy (non-hydrogen) atoms. The smallest absolute Gasteiger partial charge is 0.407 e. The van der Waals surface area contributed by atoms with Gasteiger partial charge in [0.25, 0.3) is 0 Å². The van der Waals surface area contributed by atoms with Crippen LogP contribution in [0.3, 0.4) is 0 Å². The predicted octanol–water partition coefficient (Wildman–Crippen LogP) is 3.25. The molecule has 0 aromatic heterocycles. The van der Waals surface area contributed by atoms with Crippen LogP contribution in [-0.4, -0.2) is 66.9 Å². The standard InChI is InChI=1S/C26H30N2O6/c1-17(25(31)28-12-10-18(11-13-28)33-16-24(29)30)14-27-26(32)34-15-23-21-8-4-2-6-19(21)20-7-3-5-9-22(20)23/h2-9,17-18,23H,10-16H2,1H3,(H,27,32)(H,29,30). The van der Waals surface area contributed by atoms with E-state index in [-0.39, 0.29) is 37.7 Å². The number of nitrogens with one attached hydrogen (secondary N) is 1. The van der Waals surface area contributed by atoms with Crippen molar-refractivity contribution < 1.29 is 29.0 Å². The Morgan fingerprint density at radius 3 is 2.21 bits per heavy atom. The van der Waals surface area contributed by atoms with Gasteiger partial charge in [-0.1, -0.05) is 55.5 Å². The molecule has 2 aromatic carbocycles. The summed E-state index contributed by atoms with van der Waals surface area (Å²) in [6.45, 7) is 2.89. The Kier molecular flexibility index (Phi) is 7.47. The Morgan fingerprint density at radius 1 is 1.03 bits per heavy atom. The quantitative estimate of drug-likeness (QED) is 0.619. The van der Waals surface area contributed by atoms with Gasteiger partial charge in [0.05, 0.1) is 12.0 Å². The molecule has 8 heteroatoms. The van der Waals surface area contributed by atoms with Crippen LogP contribution in [-0.2, 0) is 19.1 Å². The number of carboxylic acid groups (broad SMARTS) is 1. The number of carbonyl (C=O) groups excluding carboxylic acids is 2. The van der Waals surface area contributed by atoms with Crippen molar-refractivity contribution in [3.8, 4) is 11.1 Å². The Hall–Kier alpha value is -3.39. The summed E-state index contributed by atoms with van der Waals surface area (Å²) in [5.74, 6) is -1.44. The molecule has 4 rings (SSSR count). The summed E-state index contributed by atoms with van der Waals surface area (Å²) in [6, 6.07) is 16.3. The van der Waals surface area contributed by atoms with Gasteiger partial charge in [-0.05, 0) is 35.1 Å². The van der Waals surface area contributed by atoms with Crippen LogP contribution in [0.4, 0.5) is 4.79 Å². The average Bonchev–Trinajstić information content (AvgIpc) is 3.18. The van der Waals surface area contributed by atoms with Gasteiger partial charge < -0.3 is 24.8 Å². The number of likely N-dealkylation sites (tertiary alicyclic amines) is 1. The van der Waals surface area contributed by atoms with Crippen LogP contribution in [0.1, 0.15) is 36.8 Å². The van der Waals surface area contributed by atoms with Crippen molar-refractivity contribution in [2.45, 2.75) is 31.8 Å². The van der Waals surface area contributed by atoms with Gasteiger partial charge in [0, 0.05) is 25.6 Å². The number of benzene rings is 2. The molecule has 2 amide bonds. The molecule has 1 heterocycles. The second kappa shape index (κ2) is 10.7. The van der Waals surface area contributed by atoms with Gasteiger partial charge >= 0.3 is 12.1 Å². The predicted molar refractivity (Wildman–Crippen MR) is 125 cm³/mol. The molecule has 0 bridgehead atoms. The van der Waals surface area contributed by atoms with E-state index in [0.29, 0.717) is 25.9 Å². The second-order valence-corrected chi connectivity index (χ2v) is 8.84. The lowest BCUT2D eigenvalue weighted by atomic mass is 9.98. The zero-order chi connectivity index (χ0) is 24.1. The van der Waals surface area contributed by atoms with E-state index in [4.69, 9.17) is 14.6 Å². The highest BCUT2D eigenvalue weighted by molar-refractivity contribution is 5.80. The van der Waals surface area contributed by atoms with E-state index in [0.717, 1.165) is 11.1 Å². The topological polar surface area (TPSA) is 105 Å². The molecular formula is C26H30N2O6. The number of hydrogen-bond acceptors (Lipinski definition) is 5. The van der Waals surface area contributed by atoms with E-state index >= 15 is 0 Å². The van der Waals surface area contributed by atoms with Crippen molar-refractivity contribution in [2.75, 3.05) is 32.8 Å². The van der Waals surface area contributed by atoms with E-state index in [9.17, 15) is 14.4 Å². The molecule has 1 atom stereocenters. The van der Waals surface area contributed by atoms with Gasteiger partial charge in [-0.25, -0.2) is 9.59 Å². The maximum atomic E-state index is 12.7. The Labute approximate surface area is 198 Å². The lowest BCUT2D eigenvalue weighted by Crippen LogP contribution is -2.45. The molecule has 0 radical (unpaired) electrons. The molecule has 180 valence electrons. The molecular weight excluding hydrogens is 436 g/mol. The summed E-state index contributed by atoms with van der Waals surface area (Å²) < 4.78 is 10.8. The number of hydrogen-bond donors (Lipinski definition) is 2. The average molecular weight is 467 g/mol. The Bertz CT molecular complexity index is 1000. The van der Waals surface area contributed by atoms with Gasteiger partial charge in [0.1, 0.15) is 13.2 Å². The first-order chi connectivity index (χ1) is 16.4. The third kappa shape index (κ3) is 5.39. The Balaban J connectivity index is 1.23. The summed E-state index contributed by atoms with van der Waals surface area (Å²) in [7, 11) is 0. The number of carboxylic acids is 1. The summed E-state index contributed by atoms with van der Waals surface area (Å²) >= 11 is 0. The highest BCUT2D eigenvalue weighted by atomic mass is 16.5. The highest BCUT2D eigenvalue weighted by Gasteiger charge is 2.30. The molecule has 1 saturated heterocycles. The van der Waals surface area contributed by atoms with Gasteiger partial charge in [-0.2, -0.15) is 0 Å². The van der Waals surface area contributed by atoms with E-state index in [1.54, 1.807) is 11.8 Å². The van der Waals surface area contributed by atoms with E-state index < -0.39 is 18.0 Å². The van der Waals surface area contributed by atoms with Crippen molar-refractivity contribution >= 4 is 18.0 Å². The summed E-state index contributed by atoms with van der Waals surface area (Å²) in [5, 5.41) is 11.4. The van der Waals surface area contributed by atoms with Crippen molar-refractivity contribution in [1.29, 1.82) is 0 Å². The SMILES string of the molecule is CC(CNC(=O)OCC1c2ccccc2-c2ccccc21)C(=O)N1CCC(OCC(=O)O)CC1. The number of rotatable bonds is 8. The Morgan fingerprint density at radius 2 is 1.62 bits per heavy atom. The molecule has 8 nitrogen and oxygen atoms in total. The van der Waals surface area contributed by atoms with Gasteiger partial charge in [-0.3, -0.25) is 4.79 Å². The lowest BCUT2D eigenvalue weighted by molar-refractivity contribution is -0.147. The van der Waals surface area contributed by atoms with Crippen molar-refractivity contribution in [1.82, 2.24) is 10.2 Å². The highest BCUT2D eigenvalue weighted by Crippen LogP contribution is 2.44. The summed E-state index contributed by atoms with van der Waals surface area (Å²) in [6.07, 6.45) is 0.522. The van der Waals surface area contributed by atoms with Crippen molar-refractivity contribution in [2.24, 2.45) is 5.92 Å². The van der Waals surface area contributed by atoms with Gasteiger partial charge in [-0.15, -0.1) is 0 Å². The van der Waals surface area contributed by atoms with Crippen LogP contribution >= 0.6 is 0 Å². The van der Waals surface area contributed by atoms with Crippen LogP contribution < -0.4 is 5.32 Å². The molecule has 1 aliphatic carbocycles. The lowest BCUT2D eigenvalue weighted by Gasteiger charge is -2.33. The zero-order valence-electron chi connectivity index (χ0n) is 19.2. The number of aliphatic carboxylic acids is 1. The maximum Gasteiger partial charge on any atom is 0.407 e. The molecule has 0 spiro atoms. The largest absolute Gasteiger partial charge is 0.480 e. The normalized spacial score (nSPS) is 16.4. The van der Waals surface area contributed by atoms with E-state index in [2.05, 4.69) is 29.6 Å². The van der Waals surface area contributed by atoms with Crippen molar-refractivity contribution in [3.63, 3.8) is 0 Å². The minimum atomic E-state index is -0.994. The molecule has 2 N–H and O–H groups in total. The van der Waals surface area contributed by atoms with Crippen LogP contribution in [0.5, 0.6) is 0 Å². The van der Waals surface area contributed by atoms with E-state index in [1.165, 1.54) is 11.1 Å². The fourth-order valence-electron chi connectivity index (χ4n) is 4.72. The number of carbonyl (C=O) groups is 3. The maximum absolute atomic E-state index is 12.7. The van der Waals surface area contributed by atoms with Gasteiger partial charge in [0.2, 0.25) is 5.91 Å². The number of piperidine rings is 1. The molecule has 0 saturated carbocycles. The molecule has 1 aliphatic heterocycles. The van der Waals surface area contributed by atoms with Crippen LogP contribution in [0, 0.1) is 5.92 Å². The number of ether oxygens (including phenoxy) is 2. The van der Waals surface area contributed by atoms with Crippen molar-refractivity contribution in [3.05, 3.63) is 59.7 Å². The minimum absolute atomic E-state index is 0.0122. The van der Waals surface area contributed by atoms with Crippen LogP contribution in [0.25, 0.3) is 11.1 Å². The number of nitrogens with zero attached hydrogens (tertiary/aromatic N) is 1. The van der Waals surface area contributed by atoms with Crippen LogP contribution in [0.15, 0.2) is 48.5 Å². The van der Waals surface area contributed by atoms with Crippen LogP contribution in [0.2, 0.25) is 0 Å². The number of amides is 2. The zero-order valence-corrected chi connectivity index (χ0v) is 19.2. The fraction of sp³-hybridized carbons (Fsp3) is 0.423. The molecule has 1 unspecified atom stereocenters. The van der Waals surface area contributed by atoms with Gasteiger partial charge in [0.15, 0.2) is 0 Å². The molecule has 2 aliphatic rings. The summed E-state index contributed by atoms with van der Waals surface area (Å²) in [4.78, 5) is 37.5. The first kappa shape index (κ1) is 23.8. The first-order valence-corrected chi connectivity index (χ1v) is 11.6. The minimum Gasteiger partial charge on any atom is -0.480 e. The monoisotopic (exact) mass is 466 g/mol.